The van der Waals surface area contributed by atoms with Gasteiger partial charge in [0.15, 0.2) is 5.82 Å². The van der Waals surface area contributed by atoms with E-state index in [1.165, 1.54) is 7.11 Å². The van der Waals surface area contributed by atoms with Crippen LogP contribution >= 0.6 is 0 Å². The van der Waals surface area contributed by atoms with Gasteiger partial charge in [0.25, 0.3) is 5.56 Å². The van der Waals surface area contributed by atoms with Gasteiger partial charge in [-0.15, -0.1) is 0 Å². The molecule has 0 bridgehead atoms. The number of aromatic nitrogens is 3. The van der Waals surface area contributed by atoms with E-state index in [1.807, 2.05) is 30.9 Å². The maximum absolute atomic E-state index is 12.9. The highest BCUT2D eigenvalue weighted by molar-refractivity contribution is 5.87. The van der Waals surface area contributed by atoms with Crippen LogP contribution in [0.15, 0.2) is 35.3 Å². The van der Waals surface area contributed by atoms with Crippen molar-refractivity contribution in [2.75, 3.05) is 32.6 Å². The van der Waals surface area contributed by atoms with Crippen LogP contribution in [-0.2, 0) is 0 Å². The number of ether oxygens (including phenoxy) is 2. The highest BCUT2D eigenvalue weighted by atomic mass is 16.5. The van der Waals surface area contributed by atoms with Crippen LogP contribution in [0, 0.1) is 0 Å². The van der Waals surface area contributed by atoms with Crippen molar-refractivity contribution in [3.05, 3.63) is 40.8 Å². The van der Waals surface area contributed by atoms with E-state index in [0.717, 1.165) is 18.5 Å². The van der Waals surface area contributed by atoms with Crippen molar-refractivity contribution in [1.82, 2.24) is 25.2 Å². The number of carbonyl (C=O) groups excluding carboxylic acids is 1. The van der Waals surface area contributed by atoms with E-state index < -0.39 is 0 Å². The Morgan fingerprint density at radius 2 is 1.97 bits per heavy atom. The van der Waals surface area contributed by atoms with Crippen molar-refractivity contribution < 1.29 is 14.3 Å². The third-order valence-corrected chi connectivity index (χ3v) is 5.79. The number of fused-ring (bicyclic) bond motifs is 1. The largest absolute Gasteiger partial charge is 0.497 e. The number of carbonyl (C=O) groups is 1. The molecule has 1 fully saturated rings. The number of hydrogen-bond acceptors (Lipinski definition) is 7. The molecular formula is C24H30N6O4. The number of amides is 2. The number of nitrogens with one attached hydrogen (secondary N) is 3. The van der Waals surface area contributed by atoms with E-state index >= 15 is 0 Å². The lowest BCUT2D eigenvalue weighted by molar-refractivity contribution is 0.181. The predicted octanol–water partition coefficient (Wildman–Crippen LogP) is 3.00. The van der Waals surface area contributed by atoms with Gasteiger partial charge in [0.2, 0.25) is 0 Å². The van der Waals surface area contributed by atoms with Crippen LogP contribution in [0.1, 0.15) is 26.7 Å². The van der Waals surface area contributed by atoms with Gasteiger partial charge in [0.1, 0.15) is 22.6 Å². The fraction of sp³-hybridized carbons (Fsp3) is 0.417. The Balaban J connectivity index is 1.59. The average molecular weight is 467 g/mol. The molecule has 2 aromatic heterocycles. The van der Waals surface area contributed by atoms with E-state index in [0.29, 0.717) is 47.0 Å². The van der Waals surface area contributed by atoms with Crippen LogP contribution in [0.25, 0.3) is 22.4 Å². The number of methoxy groups -OCH3 is 2. The number of rotatable bonds is 6. The van der Waals surface area contributed by atoms with Gasteiger partial charge in [-0.1, -0.05) is 0 Å². The Kier molecular flexibility index (Phi) is 6.85. The number of pyridine rings is 1. The lowest BCUT2D eigenvalue weighted by Crippen LogP contribution is -2.48. The fourth-order valence-electron chi connectivity index (χ4n) is 4.10. The third-order valence-electron chi connectivity index (χ3n) is 5.79. The van der Waals surface area contributed by atoms with E-state index in [9.17, 15) is 9.59 Å². The van der Waals surface area contributed by atoms with Crippen molar-refractivity contribution in [2.24, 2.45) is 0 Å². The smallest absolute Gasteiger partial charge is 0.317 e. The highest BCUT2D eigenvalue weighted by Crippen LogP contribution is 2.30. The number of benzene rings is 1. The number of piperidine rings is 1. The molecule has 180 valence electrons. The molecule has 1 saturated heterocycles. The Morgan fingerprint density at radius 1 is 1.21 bits per heavy atom. The second-order valence-corrected chi connectivity index (χ2v) is 8.55. The van der Waals surface area contributed by atoms with Crippen molar-refractivity contribution in [2.45, 2.75) is 38.8 Å². The van der Waals surface area contributed by atoms with Gasteiger partial charge < -0.3 is 30.0 Å². The molecule has 2 amide bonds. The summed E-state index contributed by atoms with van der Waals surface area (Å²) in [4.78, 5) is 39.0. The molecule has 10 nitrogen and oxygen atoms in total. The molecule has 3 aromatic rings. The zero-order chi connectivity index (χ0) is 24.2. The first-order valence-corrected chi connectivity index (χ1v) is 11.3. The van der Waals surface area contributed by atoms with Crippen LogP contribution in [0.4, 0.5) is 10.5 Å². The van der Waals surface area contributed by atoms with Crippen LogP contribution in [0.3, 0.4) is 0 Å². The molecule has 10 heteroatoms. The zero-order valence-electron chi connectivity index (χ0n) is 19.8. The lowest BCUT2D eigenvalue weighted by Gasteiger charge is -2.33. The molecule has 3 heterocycles. The number of urea groups is 1. The number of aromatic amines is 1. The molecule has 0 saturated carbocycles. The van der Waals surface area contributed by atoms with Gasteiger partial charge >= 0.3 is 6.03 Å². The van der Waals surface area contributed by atoms with Crippen LogP contribution in [0.2, 0.25) is 0 Å². The van der Waals surface area contributed by atoms with Gasteiger partial charge in [0.05, 0.1) is 25.4 Å². The van der Waals surface area contributed by atoms with Crippen molar-refractivity contribution in [3.63, 3.8) is 0 Å². The molecule has 3 N–H and O–H groups in total. The van der Waals surface area contributed by atoms with Crippen LogP contribution in [0.5, 0.6) is 11.5 Å². The molecule has 1 aliphatic rings. The predicted molar refractivity (Wildman–Crippen MR) is 131 cm³/mol. The van der Waals surface area contributed by atoms with E-state index in [4.69, 9.17) is 9.47 Å². The quantitative estimate of drug-likeness (QED) is 0.511. The minimum absolute atomic E-state index is 0.0284. The molecule has 0 aliphatic carbocycles. The second-order valence-electron chi connectivity index (χ2n) is 8.55. The maximum Gasteiger partial charge on any atom is 0.317 e. The summed E-state index contributed by atoms with van der Waals surface area (Å²) in [6.07, 6.45) is 3.27. The summed E-state index contributed by atoms with van der Waals surface area (Å²) >= 11 is 0. The lowest BCUT2D eigenvalue weighted by atomic mass is 10.0. The summed E-state index contributed by atoms with van der Waals surface area (Å²) in [5.74, 6) is 1.29. The molecule has 4 rings (SSSR count). The van der Waals surface area contributed by atoms with Gasteiger partial charge in [0, 0.05) is 43.5 Å². The molecule has 1 aromatic carbocycles. The minimum atomic E-state index is -0.319. The van der Waals surface area contributed by atoms with Crippen LogP contribution < -0.4 is 25.7 Å². The van der Waals surface area contributed by atoms with Crippen molar-refractivity contribution in [1.29, 1.82) is 0 Å². The maximum atomic E-state index is 12.9. The topological polar surface area (TPSA) is 121 Å². The zero-order valence-corrected chi connectivity index (χ0v) is 19.8. The number of likely N-dealkylation sites (tertiary alicyclic amines) is 1. The molecule has 0 unspecified atom stereocenters. The van der Waals surface area contributed by atoms with Crippen molar-refractivity contribution in [3.8, 4) is 23.0 Å². The monoisotopic (exact) mass is 466 g/mol. The standard InChI is InChI=1S/C24H30N6O4/c1-14(2)26-24(32)30-10-7-15(8-11-30)27-17-6-5-9-25-21(17)22-28-18-12-16(33-3)13-19(34-4)20(18)23(31)29-22/h5-6,9,12-15,27H,7-8,10-11H2,1-4H3,(H,26,32)(H,28,29,31). The average Bonchev–Trinajstić information content (AvgIpc) is 2.83. The third kappa shape index (κ3) is 4.90. The highest BCUT2D eigenvalue weighted by Gasteiger charge is 2.24. The SMILES string of the molecule is COc1cc(OC)c2c(=O)[nH]c(-c3ncccc3NC3CCN(C(=O)NC(C)C)CC3)nc2c1. The number of hydrogen-bond donors (Lipinski definition) is 3. The summed E-state index contributed by atoms with van der Waals surface area (Å²) in [6, 6.07) is 7.35. The molecule has 34 heavy (non-hydrogen) atoms. The first-order valence-electron chi connectivity index (χ1n) is 11.3. The summed E-state index contributed by atoms with van der Waals surface area (Å²) in [7, 11) is 3.05. The number of H-pyrrole nitrogens is 1. The van der Waals surface area contributed by atoms with Crippen molar-refractivity contribution >= 4 is 22.6 Å². The van der Waals surface area contributed by atoms with Gasteiger partial charge in [-0.3, -0.25) is 9.78 Å². The van der Waals surface area contributed by atoms with Gasteiger partial charge in [-0.25, -0.2) is 9.78 Å². The molecule has 1 aliphatic heterocycles. The Morgan fingerprint density at radius 3 is 2.65 bits per heavy atom. The van der Waals surface area contributed by atoms with E-state index in [2.05, 4.69) is 25.6 Å². The summed E-state index contributed by atoms with van der Waals surface area (Å²) in [6.45, 7) is 5.23. The number of nitrogens with zero attached hydrogens (tertiary/aromatic N) is 3. The van der Waals surface area contributed by atoms with Crippen LogP contribution in [-0.4, -0.2) is 65.3 Å². The Labute approximate surface area is 197 Å². The van der Waals surface area contributed by atoms with E-state index in [1.54, 1.807) is 25.4 Å². The molecule has 0 spiro atoms. The molecule has 0 atom stereocenters. The summed E-state index contributed by atoms with van der Waals surface area (Å²) in [5, 5.41) is 6.82. The molecular weight excluding hydrogens is 436 g/mol. The molecule has 0 radical (unpaired) electrons. The van der Waals surface area contributed by atoms with E-state index in [-0.39, 0.29) is 23.7 Å². The normalized spacial score (nSPS) is 14.3. The Bertz CT molecular complexity index is 1230. The number of anilines is 1. The second kappa shape index (κ2) is 9.98. The minimum Gasteiger partial charge on any atom is -0.497 e. The first-order chi connectivity index (χ1) is 16.4. The first kappa shape index (κ1) is 23.3. The van der Waals surface area contributed by atoms with Gasteiger partial charge in [-0.2, -0.15) is 0 Å². The fourth-order valence-corrected chi connectivity index (χ4v) is 4.10. The summed E-state index contributed by atoms with van der Waals surface area (Å²) < 4.78 is 10.7. The summed E-state index contributed by atoms with van der Waals surface area (Å²) in [5.41, 5.74) is 1.45. The Hall–Kier alpha value is -3.82. The van der Waals surface area contributed by atoms with Gasteiger partial charge in [-0.05, 0) is 38.8 Å².